The minimum absolute atomic E-state index is 0.0381. The summed E-state index contributed by atoms with van der Waals surface area (Å²) in [4.78, 5) is 8.91. The van der Waals surface area contributed by atoms with Gasteiger partial charge in [-0.15, -0.1) is 10.2 Å². The van der Waals surface area contributed by atoms with E-state index in [1.807, 2.05) is 26.0 Å². The number of pyridine rings is 1. The van der Waals surface area contributed by atoms with Crippen LogP contribution in [0.15, 0.2) is 30.5 Å². The van der Waals surface area contributed by atoms with Crippen LogP contribution in [0.5, 0.6) is 11.5 Å². The Balaban J connectivity index is 2.12. The highest BCUT2D eigenvalue weighted by Crippen LogP contribution is 2.33. The molecule has 7 nitrogen and oxygen atoms in total. The smallest absolute Gasteiger partial charge is 0.387 e. The minimum atomic E-state index is -2.96. The van der Waals surface area contributed by atoms with E-state index in [0.29, 0.717) is 28.2 Å². The quantitative estimate of drug-likeness (QED) is 0.546. The van der Waals surface area contributed by atoms with Gasteiger partial charge < -0.3 is 9.47 Å². The molecule has 0 aliphatic rings. The lowest BCUT2D eigenvalue weighted by atomic mass is 10.2. The molecule has 0 N–H and O–H groups in total. The number of alkyl halides is 2. The van der Waals surface area contributed by atoms with Crippen LogP contribution in [0.3, 0.4) is 0 Å². The van der Waals surface area contributed by atoms with Gasteiger partial charge in [0.15, 0.2) is 16.9 Å². The predicted molar refractivity (Wildman–Crippen MR) is 94.2 cm³/mol. The number of methoxy groups -OCH3 is 1. The van der Waals surface area contributed by atoms with Crippen LogP contribution in [0.25, 0.3) is 28.1 Å². The first-order chi connectivity index (χ1) is 13.0. The van der Waals surface area contributed by atoms with Gasteiger partial charge in [0.25, 0.3) is 0 Å². The van der Waals surface area contributed by atoms with Gasteiger partial charge in [0.05, 0.1) is 18.3 Å². The molecule has 138 valence electrons. The molecular formula is C18H15F2N5O2. The summed E-state index contributed by atoms with van der Waals surface area (Å²) in [5.74, 6) is 0.825. The Bertz CT molecular complexity index is 1160. The first-order valence-electron chi connectivity index (χ1n) is 8.10. The second kappa shape index (κ2) is 6.42. The van der Waals surface area contributed by atoms with E-state index in [9.17, 15) is 8.78 Å². The number of benzene rings is 1. The maximum atomic E-state index is 12.8. The van der Waals surface area contributed by atoms with Crippen LogP contribution in [0.4, 0.5) is 8.78 Å². The van der Waals surface area contributed by atoms with E-state index < -0.39 is 6.61 Å². The van der Waals surface area contributed by atoms with Crippen LogP contribution in [-0.4, -0.2) is 38.3 Å². The van der Waals surface area contributed by atoms with Gasteiger partial charge in [-0.1, -0.05) is 0 Å². The zero-order valence-electron chi connectivity index (χ0n) is 14.8. The van der Waals surface area contributed by atoms with Crippen LogP contribution in [0.1, 0.15) is 11.4 Å². The molecule has 4 aromatic rings. The monoisotopic (exact) mass is 371 g/mol. The van der Waals surface area contributed by atoms with Crippen molar-refractivity contribution in [1.82, 2.24) is 24.6 Å². The summed E-state index contributed by atoms with van der Waals surface area (Å²) in [5.41, 5.74) is 3.65. The van der Waals surface area contributed by atoms with Gasteiger partial charge in [-0.2, -0.15) is 8.78 Å². The van der Waals surface area contributed by atoms with E-state index in [-0.39, 0.29) is 11.5 Å². The van der Waals surface area contributed by atoms with Gasteiger partial charge in [-0.3, -0.25) is 9.38 Å². The summed E-state index contributed by atoms with van der Waals surface area (Å²) in [5, 5.41) is 8.44. The third kappa shape index (κ3) is 2.80. The zero-order valence-corrected chi connectivity index (χ0v) is 14.8. The molecule has 0 saturated carbocycles. The first kappa shape index (κ1) is 17.1. The third-order valence-electron chi connectivity index (χ3n) is 4.23. The minimum Gasteiger partial charge on any atom is -0.494 e. The van der Waals surface area contributed by atoms with Gasteiger partial charge in [-0.05, 0) is 26.0 Å². The number of nitrogens with zero attached hydrogens (tertiary/aromatic N) is 5. The molecular weight excluding hydrogens is 356 g/mol. The predicted octanol–water partition coefficient (Wildman–Crippen LogP) is 3.57. The van der Waals surface area contributed by atoms with E-state index in [1.165, 1.54) is 19.2 Å². The molecule has 27 heavy (non-hydrogen) atoms. The Morgan fingerprint density at radius 3 is 2.63 bits per heavy atom. The summed E-state index contributed by atoms with van der Waals surface area (Å²) in [7, 11) is 1.43. The maximum Gasteiger partial charge on any atom is 0.387 e. The molecule has 0 radical (unpaired) electrons. The first-order valence-corrected chi connectivity index (χ1v) is 8.10. The largest absolute Gasteiger partial charge is 0.494 e. The van der Waals surface area contributed by atoms with E-state index in [4.69, 9.17) is 4.74 Å². The van der Waals surface area contributed by atoms with Crippen molar-refractivity contribution in [2.45, 2.75) is 20.5 Å². The van der Waals surface area contributed by atoms with E-state index in [0.717, 1.165) is 11.3 Å². The Hall–Kier alpha value is -3.36. The summed E-state index contributed by atoms with van der Waals surface area (Å²) >= 11 is 0. The van der Waals surface area contributed by atoms with Crippen molar-refractivity contribution in [3.8, 4) is 22.9 Å². The fourth-order valence-corrected chi connectivity index (χ4v) is 3.03. The third-order valence-corrected chi connectivity index (χ3v) is 4.23. The molecule has 4 rings (SSSR count). The molecule has 0 saturated heterocycles. The number of aryl methyl sites for hydroxylation is 2. The van der Waals surface area contributed by atoms with Crippen LogP contribution < -0.4 is 9.47 Å². The van der Waals surface area contributed by atoms with Crippen molar-refractivity contribution < 1.29 is 18.3 Å². The van der Waals surface area contributed by atoms with E-state index >= 15 is 0 Å². The maximum absolute atomic E-state index is 12.8. The van der Waals surface area contributed by atoms with Crippen molar-refractivity contribution in [3.63, 3.8) is 0 Å². The van der Waals surface area contributed by atoms with Gasteiger partial charge in [0, 0.05) is 29.6 Å². The fourth-order valence-electron chi connectivity index (χ4n) is 3.03. The molecule has 3 aromatic heterocycles. The summed E-state index contributed by atoms with van der Waals surface area (Å²) < 4.78 is 37.1. The number of rotatable bonds is 4. The van der Waals surface area contributed by atoms with Crippen LogP contribution in [0, 0.1) is 13.8 Å². The van der Waals surface area contributed by atoms with Crippen LogP contribution >= 0.6 is 0 Å². The topological polar surface area (TPSA) is 74.4 Å². The molecule has 0 spiro atoms. The molecule has 1 aromatic carbocycles. The molecule has 0 unspecified atom stereocenters. The van der Waals surface area contributed by atoms with Crippen LogP contribution in [0.2, 0.25) is 0 Å². The number of aromatic nitrogens is 5. The van der Waals surface area contributed by atoms with Crippen molar-refractivity contribution in [3.05, 3.63) is 41.9 Å². The molecule has 0 aliphatic heterocycles. The molecule has 0 bridgehead atoms. The lowest BCUT2D eigenvalue weighted by Crippen LogP contribution is -2.04. The highest BCUT2D eigenvalue weighted by Gasteiger charge is 2.20. The number of hydrogen-bond acceptors (Lipinski definition) is 6. The fraction of sp³-hybridized carbons (Fsp3) is 0.222. The number of halogens is 2. The number of ether oxygens (including phenoxy) is 2. The van der Waals surface area contributed by atoms with Gasteiger partial charge in [0.1, 0.15) is 11.6 Å². The van der Waals surface area contributed by atoms with Crippen molar-refractivity contribution in [2.75, 3.05) is 7.11 Å². The highest BCUT2D eigenvalue weighted by atomic mass is 19.3. The van der Waals surface area contributed by atoms with Crippen molar-refractivity contribution in [2.24, 2.45) is 0 Å². The Kier molecular flexibility index (Phi) is 4.06. The molecule has 0 atom stereocenters. The molecule has 3 heterocycles. The Labute approximate surface area is 152 Å². The summed E-state index contributed by atoms with van der Waals surface area (Å²) in [6.45, 7) is 0.720. The number of imidazole rings is 1. The highest BCUT2D eigenvalue weighted by molar-refractivity contribution is 5.86. The van der Waals surface area contributed by atoms with Gasteiger partial charge >= 0.3 is 6.61 Å². The molecule has 0 fully saturated rings. The molecule has 0 aliphatic carbocycles. The second-order valence-electron chi connectivity index (χ2n) is 5.89. The van der Waals surface area contributed by atoms with Crippen molar-refractivity contribution in [1.29, 1.82) is 0 Å². The van der Waals surface area contributed by atoms with Crippen molar-refractivity contribution >= 4 is 16.7 Å². The Morgan fingerprint density at radius 1 is 1.11 bits per heavy atom. The lowest BCUT2D eigenvalue weighted by molar-refractivity contribution is -0.0498. The zero-order chi connectivity index (χ0) is 19.1. The molecule has 0 amide bonds. The number of fused-ring (bicyclic) bond motifs is 3. The second-order valence-corrected chi connectivity index (χ2v) is 5.89. The van der Waals surface area contributed by atoms with Gasteiger partial charge in [-0.25, -0.2) is 4.98 Å². The van der Waals surface area contributed by atoms with Gasteiger partial charge in [0.2, 0.25) is 0 Å². The normalized spacial score (nSPS) is 11.5. The number of hydrogen-bond donors (Lipinski definition) is 0. The lowest BCUT2D eigenvalue weighted by Gasteiger charge is -2.12. The average molecular weight is 371 g/mol. The van der Waals surface area contributed by atoms with E-state index in [2.05, 4.69) is 24.9 Å². The average Bonchev–Trinajstić information content (AvgIpc) is 2.98. The summed E-state index contributed by atoms with van der Waals surface area (Å²) in [6, 6.07) is 6.52. The molecule has 9 heteroatoms. The summed E-state index contributed by atoms with van der Waals surface area (Å²) in [6.07, 6.45) is 1.69. The SMILES string of the molecule is COc1cc(OC(F)F)cc2c1nnc1c(C)nc(-c3cccnc3C)n12. The van der Waals surface area contributed by atoms with Crippen LogP contribution in [-0.2, 0) is 0 Å². The standard InChI is InChI=1S/C18H15F2N5O2/c1-9-12(5-4-6-21-9)17-22-10(2)16-24-23-15-13(25(16)17)7-11(27-18(19)20)8-14(15)26-3/h4-8,18H,1-3H3. The van der Waals surface area contributed by atoms with E-state index in [1.54, 1.807) is 10.6 Å². The Morgan fingerprint density at radius 2 is 1.93 bits per heavy atom.